The fraction of sp³-hybridized carbons (Fsp3) is 0.235. The number of amides is 1. The minimum atomic E-state index is 0.0230. The lowest BCUT2D eigenvalue weighted by molar-refractivity contribution is -0.116. The van der Waals surface area contributed by atoms with E-state index in [9.17, 15) is 4.79 Å². The monoisotopic (exact) mass is 255 g/mol. The SMILES string of the molecule is C=C(/C=C\C=C/C)CN(C(C)=O)c1ccccc1C. The number of hydrogen-bond acceptors (Lipinski definition) is 1. The van der Waals surface area contributed by atoms with Gasteiger partial charge in [-0.05, 0) is 31.1 Å². The zero-order chi connectivity index (χ0) is 14.3. The molecule has 0 aliphatic heterocycles. The molecule has 100 valence electrons. The van der Waals surface area contributed by atoms with Crippen LogP contribution in [0.5, 0.6) is 0 Å². The first kappa shape index (κ1) is 15.0. The van der Waals surface area contributed by atoms with E-state index in [1.807, 2.05) is 62.4 Å². The van der Waals surface area contributed by atoms with Crippen LogP contribution in [0.2, 0.25) is 0 Å². The van der Waals surface area contributed by atoms with Gasteiger partial charge in [-0.1, -0.05) is 49.1 Å². The highest BCUT2D eigenvalue weighted by Crippen LogP contribution is 2.20. The molecule has 0 aromatic heterocycles. The second-order valence-electron chi connectivity index (χ2n) is 4.43. The van der Waals surface area contributed by atoms with E-state index in [-0.39, 0.29) is 5.91 Å². The number of hydrogen-bond donors (Lipinski definition) is 0. The molecule has 1 aromatic carbocycles. The molecule has 0 unspecified atom stereocenters. The summed E-state index contributed by atoms with van der Waals surface area (Å²) in [5.41, 5.74) is 2.93. The largest absolute Gasteiger partial charge is 0.308 e. The molecule has 0 saturated heterocycles. The predicted octanol–water partition coefficient (Wildman–Crippen LogP) is 4.04. The molecular formula is C17H21NO. The number of aryl methyl sites for hydroxylation is 1. The van der Waals surface area contributed by atoms with Crippen molar-refractivity contribution < 1.29 is 4.79 Å². The van der Waals surface area contributed by atoms with Crippen molar-refractivity contribution in [3.8, 4) is 0 Å². The number of carbonyl (C=O) groups is 1. The van der Waals surface area contributed by atoms with Gasteiger partial charge in [-0.15, -0.1) is 0 Å². The van der Waals surface area contributed by atoms with Crippen molar-refractivity contribution in [1.82, 2.24) is 0 Å². The summed E-state index contributed by atoms with van der Waals surface area (Å²) in [5.74, 6) is 0.0230. The van der Waals surface area contributed by atoms with Crippen LogP contribution in [-0.4, -0.2) is 12.5 Å². The number of carbonyl (C=O) groups excluding carboxylic acids is 1. The van der Waals surface area contributed by atoms with Crippen molar-refractivity contribution in [2.75, 3.05) is 11.4 Å². The second-order valence-corrected chi connectivity index (χ2v) is 4.43. The first-order chi connectivity index (χ1) is 9.06. The van der Waals surface area contributed by atoms with Gasteiger partial charge in [0.2, 0.25) is 5.91 Å². The van der Waals surface area contributed by atoms with Gasteiger partial charge >= 0.3 is 0 Å². The van der Waals surface area contributed by atoms with Gasteiger partial charge in [0.1, 0.15) is 0 Å². The maximum Gasteiger partial charge on any atom is 0.224 e. The summed E-state index contributed by atoms with van der Waals surface area (Å²) in [6.07, 6.45) is 7.75. The predicted molar refractivity (Wildman–Crippen MR) is 82.3 cm³/mol. The molecule has 0 radical (unpaired) electrons. The molecule has 0 N–H and O–H groups in total. The summed E-state index contributed by atoms with van der Waals surface area (Å²) in [6, 6.07) is 7.87. The minimum Gasteiger partial charge on any atom is -0.308 e. The van der Waals surface area contributed by atoms with Crippen LogP contribution in [0, 0.1) is 6.92 Å². The van der Waals surface area contributed by atoms with E-state index in [2.05, 4.69) is 6.58 Å². The molecular weight excluding hydrogens is 234 g/mol. The van der Waals surface area contributed by atoms with E-state index in [0.29, 0.717) is 6.54 Å². The van der Waals surface area contributed by atoms with Gasteiger partial charge in [0.15, 0.2) is 0 Å². The summed E-state index contributed by atoms with van der Waals surface area (Å²) in [4.78, 5) is 13.6. The van der Waals surface area contributed by atoms with Crippen molar-refractivity contribution >= 4 is 11.6 Å². The van der Waals surface area contributed by atoms with Crippen molar-refractivity contribution in [3.05, 3.63) is 66.3 Å². The van der Waals surface area contributed by atoms with Crippen LogP contribution in [0.1, 0.15) is 19.4 Å². The van der Waals surface area contributed by atoms with E-state index in [1.165, 1.54) is 0 Å². The van der Waals surface area contributed by atoms with Crippen molar-refractivity contribution in [1.29, 1.82) is 0 Å². The van der Waals surface area contributed by atoms with E-state index >= 15 is 0 Å². The Morgan fingerprint density at radius 2 is 2.00 bits per heavy atom. The molecule has 0 fully saturated rings. The zero-order valence-corrected chi connectivity index (χ0v) is 11.9. The molecule has 2 heteroatoms. The number of para-hydroxylation sites is 1. The fourth-order valence-corrected chi connectivity index (χ4v) is 1.79. The normalized spacial score (nSPS) is 11.1. The number of allylic oxidation sites excluding steroid dienone is 3. The summed E-state index contributed by atoms with van der Waals surface area (Å²) in [6.45, 7) is 10.0. The van der Waals surface area contributed by atoms with Gasteiger partial charge in [-0.25, -0.2) is 0 Å². The quantitative estimate of drug-likeness (QED) is 0.727. The lowest BCUT2D eigenvalue weighted by Crippen LogP contribution is -2.30. The molecule has 0 heterocycles. The number of anilines is 1. The van der Waals surface area contributed by atoms with Gasteiger partial charge in [-0.3, -0.25) is 4.79 Å². The third-order valence-corrected chi connectivity index (χ3v) is 2.78. The Kier molecular flexibility index (Phi) is 5.80. The second kappa shape index (κ2) is 7.37. The molecule has 1 amide bonds. The van der Waals surface area contributed by atoms with E-state index < -0.39 is 0 Å². The molecule has 0 atom stereocenters. The Labute approximate surface area is 115 Å². The third-order valence-electron chi connectivity index (χ3n) is 2.78. The Bertz CT molecular complexity index is 512. The van der Waals surface area contributed by atoms with Crippen molar-refractivity contribution in [2.24, 2.45) is 0 Å². The highest BCUT2D eigenvalue weighted by molar-refractivity contribution is 5.92. The van der Waals surface area contributed by atoms with Crippen molar-refractivity contribution in [3.63, 3.8) is 0 Å². The standard InChI is InChI=1S/C17H21NO/c1-5-6-7-10-14(2)13-18(16(4)19)17-12-9-8-11-15(17)3/h5-12H,2,13H2,1,3-4H3/b6-5-,10-7-. The van der Waals surface area contributed by atoms with Crippen LogP contribution in [0.15, 0.2) is 60.7 Å². The highest BCUT2D eigenvalue weighted by atomic mass is 16.2. The average Bonchev–Trinajstić information content (AvgIpc) is 2.37. The Morgan fingerprint density at radius 1 is 1.32 bits per heavy atom. The molecule has 2 nitrogen and oxygen atoms in total. The van der Waals surface area contributed by atoms with E-state index in [0.717, 1.165) is 16.8 Å². The molecule has 1 rings (SSSR count). The Balaban J connectivity index is 2.89. The van der Waals surface area contributed by atoms with Gasteiger partial charge in [0, 0.05) is 12.6 Å². The Hall–Kier alpha value is -2.09. The Morgan fingerprint density at radius 3 is 2.58 bits per heavy atom. The average molecular weight is 255 g/mol. The number of rotatable bonds is 5. The zero-order valence-electron chi connectivity index (χ0n) is 11.9. The van der Waals surface area contributed by atoms with Crippen LogP contribution >= 0.6 is 0 Å². The van der Waals surface area contributed by atoms with Crippen LogP contribution < -0.4 is 4.90 Å². The van der Waals surface area contributed by atoms with E-state index in [1.54, 1.807) is 11.8 Å². The summed E-state index contributed by atoms with van der Waals surface area (Å²) < 4.78 is 0. The lowest BCUT2D eigenvalue weighted by Gasteiger charge is -2.23. The minimum absolute atomic E-state index is 0.0230. The first-order valence-electron chi connectivity index (χ1n) is 6.37. The smallest absolute Gasteiger partial charge is 0.224 e. The summed E-state index contributed by atoms with van der Waals surface area (Å²) >= 11 is 0. The third kappa shape index (κ3) is 4.59. The maximum absolute atomic E-state index is 11.8. The van der Waals surface area contributed by atoms with Crippen molar-refractivity contribution in [2.45, 2.75) is 20.8 Å². The molecule has 19 heavy (non-hydrogen) atoms. The molecule has 0 aliphatic carbocycles. The number of nitrogens with zero attached hydrogens (tertiary/aromatic N) is 1. The molecule has 0 aliphatic rings. The highest BCUT2D eigenvalue weighted by Gasteiger charge is 2.13. The maximum atomic E-state index is 11.8. The molecule has 0 bridgehead atoms. The van der Waals surface area contributed by atoms with Gasteiger partial charge in [0.05, 0.1) is 6.54 Å². The molecule has 0 saturated carbocycles. The van der Waals surface area contributed by atoms with Crippen LogP contribution in [0.3, 0.4) is 0 Å². The van der Waals surface area contributed by atoms with Crippen LogP contribution in [0.4, 0.5) is 5.69 Å². The van der Waals surface area contributed by atoms with Gasteiger partial charge in [-0.2, -0.15) is 0 Å². The molecule has 0 spiro atoms. The topological polar surface area (TPSA) is 20.3 Å². The lowest BCUT2D eigenvalue weighted by atomic mass is 10.1. The van der Waals surface area contributed by atoms with Crippen LogP contribution in [-0.2, 0) is 4.79 Å². The fourth-order valence-electron chi connectivity index (χ4n) is 1.79. The first-order valence-corrected chi connectivity index (χ1v) is 6.37. The van der Waals surface area contributed by atoms with Gasteiger partial charge < -0.3 is 4.90 Å². The van der Waals surface area contributed by atoms with Gasteiger partial charge in [0.25, 0.3) is 0 Å². The number of benzene rings is 1. The van der Waals surface area contributed by atoms with Crippen LogP contribution in [0.25, 0.3) is 0 Å². The van der Waals surface area contributed by atoms with E-state index in [4.69, 9.17) is 0 Å². The molecule has 1 aromatic rings. The summed E-state index contributed by atoms with van der Waals surface area (Å²) in [5, 5.41) is 0. The summed E-state index contributed by atoms with van der Waals surface area (Å²) in [7, 11) is 0.